The number of esters is 1. The molecule has 0 amide bonds. The largest absolute Gasteiger partial charge is 0.424 e. The smallest absolute Gasteiger partial charge is 0.313 e. The fourth-order valence-electron chi connectivity index (χ4n) is 4.06. The molecule has 0 spiro atoms. The number of carbonyl (C=O) groups is 1. The highest BCUT2D eigenvalue weighted by molar-refractivity contribution is 6.31. The number of ether oxygens (including phenoxy) is 1. The first-order valence-electron chi connectivity index (χ1n) is 11.1. The van der Waals surface area contributed by atoms with Gasteiger partial charge in [-0.3, -0.25) is 9.20 Å². The van der Waals surface area contributed by atoms with Crippen LogP contribution in [0.2, 0.25) is 5.02 Å². The van der Waals surface area contributed by atoms with Crippen molar-refractivity contribution in [3.05, 3.63) is 71.1 Å². The van der Waals surface area contributed by atoms with Gasteiger partial charge in [-0.2, -0.15) is 0 Å². The molecule has 168 valence electrons. The fraction of sp³-hybridized carbons (Fsp3) is 0.269. The molecule has 3 aromatic heterocycles. The molecule has 5 rings (SSSR count). The molecule has 0 atom stereocenters. The van der Waals surface area contributed by atoms with Crippen LogP contribution in [0.15, 0.2) is 54.7 Å². The molecule has 0 N–H and O–H groups in total. The lowest BCUT2D eigenvalue weighted by Crippen LogP contribution is -2.14. The average Bonchev–Trinajstić information content (AvgIpc) is 3.33. The molecule has 0 aliphatic heterocycles. The maximum Gasteiger partial charge on any atom is 0.313 e. The number of para-hydroxylation sites is 2. The Morgan fingerprint density at radius 3 is 2.45 bits per heavy atom. The molecule has 0 saturated carbocycles. The van der Waals surface area contributed by atoms with E-state index < -0.39 is 0 Å². The Balaban J connectivity index is 1.84. The Morgan fingerprint density at radius 2 is 1.73 bits per heavy atom. The van der Waals surface area contributed by atoms with Crippen molar-refractivity contribution in [1.29, 1.82) is 0 Å². The number of halogens is 1. The second-order valence-electron chi connectivity index (χ2n) is 8.87. The predicted molar refractivity (Wildman–Crippen MR) is 131 cm³/mol. The van der Waals surface area contributed by atoms with Gasteiger partial charge in [-0.15, -0.1) is 0 Å². The monoisotopic (exact) mass is 460 g/mol. The Hall–Kier alpha value is -3.38. The van der Waals surface area contributed by atoms with Crippen LogP contribution < -0.4 is 4.74 Å². The maximum absolute atomic E-state index is 12.6. The number of nitrogens with zero attached hydrogens (tertiary/aromatic N) is 4. The van der Waals surface area contributed by atoms with Crippen molar-refractivity contribution in [2.24, 2.45) is 5.92 Å². The summed E-state index contributed by atoms with van der Waals surface area (Å²) in [5.74, 6) is 0.948. The first-order valence-corrected chi connectivity index (χ1v) is 11.5. The van der Waals surface area contributed by atoms with Gasteiger partial charge in [0.05, 0.1) is 23.5 Å². The Labute approximate surface area is 196 Å². The number of rotatable bonds is 5. The molecule has 6 nitrogen and oxygen atoms in total. The van der Waals surface area contributed by atoms with Gasteiger partial charge in [0.15, 0.2) is 11.4 Å². The van der Waals surface area contributed by atoms with Gasteiger partial charge >= 0.3 is 5.97 Å². The molecule has 0 aliphatic carbocycles. The van der Waals surface area contributed by atoms with E-state index in [1.165, 1.54) is 0 Å². The summed E-state index contributed by atoms with van der Waals surface area (Å²) in [6.07, 6.45) is 1.84. The van der Waals surface area contributed by atoms with Gasteiger partial charge in [-0.1, -0.05) is 69.6 Å². The van der Waals surface area contributed by atoms with Crippen LogP contribution in [0.4, 0.5) is 0 Å². The highest BCUT2D eigenvalue weighted by Crippen LogP contribution is 2.36. The highest BCUT2D eigenvalue weighted by Gasteiger charge is 2.24. The molecular weight excluding hydrogens is 436 g/mol. The van der Waals surface area contributed by atoms with E-state index in [1.54, 1.807) is 0 Å². The van der Waals surface area contributed by atoms with E-state index in [0.29, 0.717) is 23.0 Å². The normalized spacial score (nSPS) is 12.0. The zero-order valence-electron chi connectivity index (χ0n) is 19.0. The third-order valence-electron chi connectivity index (χ3n) is 5.75. The van der Waals surface area contributed by atoms with Gasteiger partial charge < -0.3 is 9.30 Å². The van der Waals surface area contributed by atoms with Gasteiger partial charge in [0.25, 0.3) is 0 Å². The van der Waals surface area contributed by atoms with Crippen LogP contribution >= 0.6 is 11.6 Å². The maximum atomic E-state index is 12.6. The lowest BCUT2D eigenvalue weighted by molar-refractivity contribution is -0.137. The summed E-state index contributed by atoms with van der Waals surface area (Å²) in [7, 11) is 0. The molecule has 0 fully saturated rings. The van der Waals surface area contributed by atoms with Crippen LogP contribution in [0, 0.1) is 5.92 Å². The minimum Gasteiger partial charge on any atom is -0.424 e. The van der Waals surface area contributed by atoms with E-state index in [-0.39, 0.29) is 17.8 Å². The van der Waals surface area contributed by atoms with E-state index in [4.69, 9.17) is 26.3 Å². The average molecular weight is 461 g/mol. The first kappa shape index (κ1) is 21.5. The van der Waals surface area contributed by atoms with Crippen molar-refractivity contribution < 1.29 is 9.53 Å². The molecule has 33 heavy (non-hydrogen) atoms. The van der Waals surface area contributed by atoms with Crippen LogP contribution in [0.3, 0.4) is 0 Å². The molecule has 0 aliphatic rings. The Bertz CT molecular complexity index is 1510. The van der Waals surface area contributed by atoms with Crippen LogP contribution in [0.1, 0.15) is 45.0 Å². The minimum atomic E-state index is -0.297. The molecule has 7 heteroatoms. The molecule has 0 saturated heterocycles. The molecule has 3 heterocycles. The lowest BCUT2D eigenvalue weighted by Gasteiger charge is -2.12. The number of aromatic nitrogens is 4. The molecule has 0 radical (unpaired) electrons. The van der Waals surface area contributed by atoms with Crippen molar-refractivity contribution in [2.75, 3.05) is 0 Å². The van der Waals surface area contributed by atoms with Gasteiger partial charge in [0.1, 0.15) is 16.9 Å². The second-order valence-corrected chi connectivity index (χ2v) is 9.28. The zero-order chi connectivity index (χ0) is 23.3. The quantitative estimate of drug-likeness (QED) is 0.292. The predicted octanol–water partition coefficient (Wildman–Crippen LogP) is 6.22. The summed E-state index contributed by atoms with van der Waals surface area (Å²) in [6, 6.07) is 15.7. The van der Waals surface area contributed by atoms with Crippen molar-refractivity contribution in [1.82, 2.24) is 18.9 Å². The number of imidazole rings is 1. The van der Waals surface area contributed by atoms with Gasteiger partial charge in [-0.25, -0.2) is 9.97 Å². The summed E-state index contributed by atoms with van der Waals surface area (Å²) in [4.78, 5) is 22.6. The summed E-state index contributed by atoms with van der Waals surface area (Å²) in [6.45, 7) is 8.36. The summed E-state index contributed by atoms with van der Waals surface area (Å²) in [5, 5.41) is 1.40. The van der Waals surface area contributed by atoms with E-state index in [9.17, 15) is 4.79 Å². The highest BCUT2D eigenvalue weighted by atomic mass is 35.5. The number of hydrogen-bond acceptors (Lipinski definition) is 4. The molecule has 5 aromatic rings. The van der Waals surface area contributed by atoms with Crippen LogP contribution in [-0.2, 0) is 11.3 Å². The molecule has 0 unspecified atom stereocenters. The number of benzene rings is 2. The number of fused-ring (bicyclic) bond motifs is 5. The molecule has 0 bridgehead atoms. The summed E-state index contributed by atoms with van der Waals surface area (Å²) >= 11 is 6.45. The third kappa shape index (κ3) is 3.64. The SMILES string of the molecule is CC(C)C(=O)Oc1cn(Cc2ccccc2Cl)c2nc(C(C)C)n3c4ccccc4nc3c12. The topological polar surface area (TPSA) is 61.4 Å². The second kappa shape index (κ2) is 8.19. The van der Waals surface area contributed by atoms with E-state index in [0.717, 1.165) is 33.5 Å². The van der Waals surface area contributed by atoms with Crippen molar-refractivity contribution in [3.8, 4) is 5.75 Å². The Morgan fingerprint density at radius 1 is 1.00 bits per heavy atom. The van der Waals surface area contributed by atoms with Crippen molar-refractivity contribution in [3.63, 3.8) is 0 Å². The van der Waals surface area contributed by atoms with Crippen molar-refractivity contribution >= 4 is 45.3 Å². The summed E-state index contributed by atoms with van der Waals surface area (Å²) < 4.78 is 9.93. The molecule has 2 aromatic carbocycles. The van der Waals surface area contributed by atoms with E-state index >= 15 is 0 Å². The van der Waals surface area contributed by atoms with E-state index in [1.807, 2.05) is 73.1 Å². The zero-order valence-corrected chi connectivity index (χ0v) is 19.8. The number of hydrogen-bond donors (Lipinski definition) is 0. The fourth-order valence-corrected chi connectivity index (χ4v) is 4.25. The van der Waals surface area contributed by atoms with Crippen molar-refractivity contribution in [2.45, 2.75) is 40.2 Å². The third-order valence-corrected chi connectivity index (χ3v) is 6.11. The molecular formula is C26H25ClN4O2. The van der Waals surface area contributed by atoms with Gasteiger partial charge in [0, 0.05) is 17.1 Å². The first-order chi connectivity index (χ1) is 15.8. The lowest BCUT2D eigenvalue weighted by atomic mass is 10.2. The Kier molecular flexibility index (Phi) is 5.33. The standard InChI is InChI=1S/C26H25ClN4O2/c1-15(2)23-29-24-22(25-28-19-11-7-8-12-20(19)31(23)25)21(33-26(32)16(3)4)14-30(24)13-17-9-5-6-10-18(17)27/h5-12,14-16H,13H2,1-4H3. The summed E-state index contributed by atoms with van der Waals surface area (Å²) in [5.41, 5.74) is 4.25. The minimum absolute atomic E-state index is 0.153. The van der Waals surface area contributed by atoms with Crippen LogP contribution in [0.5, 0.6) is 5.75 Å². The van der Waals surface area contributed by atoms with Crippen LogP contribution in [-0.4, -0.2) is 24.9 Å². The van der Waals surface area contributed by atoms with Gasteiger partial charge in [-0.05, 0) is 23.8 Å². The number of carbonyl (C=O) groups excluding carboxylic acids is 1. The van der Waals surface area contributed by atoms with Gasteiger partial charge in [0.2, 0.25) is 0 Å². The van der Waals surface area contributed by atoms with E-state index in [2.05, 4.69) is 18.2 Å². The van der Waals surface area contributed by atoms with Crippen LogP contribution in [0.25, 0.3) is 27.7 Å².